The molecule has 0 saturated carbocycles. The standard InChI is InChI=1S/C21H26N2O3S2/c1-15-12-16(2)21(17(3)13-15)22-20(24)14-27-18-6-8-19(9-7-18)28(25,26)23-10-4-5-11-23/h6-9,12-13H,4-5,10-11,14H2,1-3H3,(H,22,24). The SMILES string of the molecule is Cc1cc(C)c(NC(=O)CSc2ccc(S(=O)(=O)N3CCCC3)cc2)c(C)c1. The molecule has 1 aliphatic heterocycles. The highest BCUT2D eigenvalue weighted by Crippen LogP contribution is 2.26. The van der Waals surface area contributed by atoms with Gasteiger partial charge in [-0.3, -0.25) is 4.79 Å². The molecule has 1 heterocycles. The Kier molecular flexibility index (Phi) is 6.47. The summed E-state index contributed by atoms with van der Waals surface area (Å²) in [5.41, 5.74) is 4.13. The molecule has 1 amide bonds. The van der Waals surface area contributed by atoms with E-state index in [1.54, 1.807) is 24.3 Å². The van der Waals surface area contributed by atoms with Crippen LogP contribution in [-0.4, -0.2) is 37.5 Å². The van der Waals surface area contributed by atoms with Gasteiger partial charge in [-0.15, -0.1) is 11.8 Å². The molecule has 0 spiro atoms. The Morgan fingerprint density at radius 2 is 1.61 bits per heavy atom. The first kappa shape index (κ1) is 20.9. The van der Waals surface area contributed by atoms with Crippen LogP contribution in [0.15, 0.2) is 46.2 Å². The van der Waals surface area contributed by atoms with Gasteiger partial charge in [-0.05, 0) is 69.0 Å². The number of amides is 1. The number of thioether (sulfide) groups is 1. The van der Waals surface area contributed by atoms with Crippen LogP contribution in [0.4, 0.5) is 5.69 Å². The fraction of sp³-hybridized carbons (Fsp3) is 0.381. The van der Waals surface area contributed by atoms with Crippen LogP contribution in [0.5, 0.6) is 0 Å². The largest absolute Gasteiger partial charge is 0.325 e. The summed E-state index contributed by atoms with van der Waals surface area (Å²) in [6.07, 6.45) is 1.84. The Labute approximate surface area is 171 Å². The van der Waals surface area contributed by atoms with Gasteiger partial charge in [0, 0.05) is 23.7 Å². The van der Waals surface area contributed by atoms with Gasteiger partial charge in [-0.2, -0.15) is 4.31 Å². The number of carbonyl (C=O) groups is 1. The van der Waals surface area contributed by atoms with Crippen LogP contribution < -0.4 is 5.32 Å². The van der Waals surface area contributed by atoms with Crippen molar-refractivity contribution in [2.24, 2.45) is 0 Å². The minimum atomic E-state index is -3.40. The van der Waals surface area contributed by atoms with E-state index >= 15 is 0 Å². The van der Waals surface area contributed by atoms with Crippen molar-refractivity contribution in [1.82, 2.24) is 4.31 Å². The summed E-state index contributed by atoms with van der Waals surface area (Å²) in [6.45, 7) is 7.20. The summed E-state index contributed by atoms with van der Waals surface area (Å²) in [5.74, 6) is 0.194. The Bertz CT molecular complexity index is 941. The minimum absolute atomic E-state index is 0.0752. The number of hydrogen-bond donors (Lipinski definition) is 1. The molecule has 3 rings (SSSR count). The Balaban J connectivity index is 1.60. The number of nitrogens with zero attached hydrogens (tertiary/aromatic N) is 1. The summed E-state index contributed by atoms with van der Waals surface area (Å²) in [7, 11) is -3.40. The molecule has 150 valence electrons. The number of nitrogens with one attached hydrogen (secondary N) is 1. The van der Waals surface area contributed by atoms with Gasteiger partial charge in [0.05, 0.1) is 10.6 Å². The monoisotopic (exact) mass is 418 g/mol. The average molecular weight is 419 g/mol. The van der Waals surface area contributed by atoms with Gasteiger partial charge in [-0.1, -0.05) is 17.7 Å². The van der Waals surface area contributed by atoms with Crippen LogP contribution >= 0.6 is 11.8 Å². The van der Waals surface area contributed by atoms with E-state index in [4.69, 9.17) is 0 Å². The van der Waals surface area contributed by atoms with Crippen molar-refractivity contribution in [2.45, 2.75) is 43.4 Å². The van der Waals surface area contributed by atoms with Crippen molar-refractivity contribution in [3.05, 3.63) is 53.1 Å². The second-order valence-electron chi connectivity index (χ2n) is 7.19. The zero-order valence-corrected chi connectivity index (χ0v) is 18.1. The molecular formula is C21H26N2O3S2. The maximum absolute atomic E-state index is 12.6. The predicted octanol–water partition coefficient (Wildman–Crippen LogP) is 4.13. The van der Waals surface area contributed by atoms with Gasteiger partial charge >= 0.3 is 0 Å². The molecule has 0 unspecified atom stereocenters. The van der Waals surface area contributed by atoms with Gasteiger partial charge in [0.25, 0.3) is 0 Å². The van der Waals surface area contributed by atoms with Crippen molar-refractivity contribution in [2.75, 3.05) is 24.2 Å². The zero-order valence-electron chi connectivity index (χ0n) is 16.5. The first-order chi connectivity index (χ1) is 13.3. The molecule has 28 heavy (non-hydrogen) atoms. The minimum Gasteiger partial charge on any atom is -0.325 e. The molecule has 0 aliphatic carbocycles. The molecule has 2 aromatic carbocycles. The summed E-state index contributed by atoms with van der Waals surface area (Å²) in [4.78, 5) is 13.5. The molecule has 1 saturated heterocycles. The molecule has 1 aliphatic rings. The quantitative estimate of drug-likeness (QED) is 0.717. The lowest BCUT2D eigenvalue weighted by Crippen LogP contribution is -2.27. The first-order valence-electron chi connectivity index (χ1n) is 9.38. The summed E-state index contributed by atoms with van der Waals surface area (Å²) in [6, 6.07) is 10.9. The van der Waals surface area contributed by atoms with Crippen LogP contribution in [0.1, 0.15) is 29.5 Å². The molecule has 0 atom stereocenters. The molecule has 0 bridgehead atoms. The Morgan fingerprint density at radius 3 is 2.18 bits per heavy atom. The molecule has 1 fully saturated rings. The van der Waals surface area contributed by atoms with Crippen LogP contribution in [0.25, 0.3) is 0 Å². The highest BCUT2D eigenvalue weighted by atomic mass is 32.2. The molecule has 0 radical (unpaired) electrons. The van der Waals surface area contributed by atoms with E-state index in [-0.39, 0.29) is 11.7 Å². The van der Waals surface area contributed by atoms with Crippen molar-refractivity contribution < 1.29 is 13.2 Å². The maximum Gasteiger partial charge on any atom is 0.243 e. The summed E-state index contributed by atoms with van der Waals surface area (Å²) < 4.78 is 26.7. The molecule has 1 N–H and O–H groups in total. The second-order valence-corrected chi connectivity index (χ2v) is 10.2. The van der Waals surface area contributed by atoms with Gasteiger partial charge < -0.3 is 5.32 Å². The zero-order chi connectivity index (χ0) is 20.3. The number of sulfonamides is 1. The normalized spacial score (nSPS) is 15.0. The highest BCUT2D eigenvalue weighted by molar-refractivity contribution is 8.00. The first-order valence-corrected chi connectivity index (χ1v) is 11.8. The lowest BCUT2D eigenvalue weighted by atomic mass is 10.1. The van der Waals surface area contributed by atoms with Crippen molar-refractivity contribution in [1.29, 1.82) is 0 Å². The van der Waals surface area contributed by atoms with E-state index in [9.17, 15) is 13.2 Å². The lowest BCUT2D eigenvalue weighted by molar-refractivity contribution is -0.113. The van der Waals surface area contributed by atoms with E-state index in [2.05, 4.69) is 17.4 Å². The van der Waals surface area contributed by atoms with Crippen molar-refractivity contribution >= 4 is 33.4 Å². The average Bonchev–Trinajstić information content (AvgIpc) is 3.19. The second kappa shape index (κ2) is 8.68. The number of anilines is 1. The van der Waals surface area contributed by atoms with Crippen LogP contribution in [-0.2, 0) is 14.8 Å². The van der Waals surface area contributed by atoms with E-state index < -0.39 is 10.0 Å². The number of rotatable bonds is 6. The van der Waals surface area contributed by atoms with Crippen molar-refractivity contribution in [3.8, 4) is 0 Å². The summed E-state index contributed by atoms with van der Waals surface area (Å²) >= 11 is 1.39. The fourth-order valence-corrected chi connectivity index (χ4v) is 5.70. The third kappa shape index (κ3) is 4.77. The predicted molar refractivity (Wildman–Crippen MR) is 114 cm³/mol. The third-order valence-corrected chi connectivity index (χ3v) is 7.76. The van der Waals surface area contributed by atoms with Crippen molar-refractivity contribution in [3.63, 3.8) is 0 Å². The number of aryl methyl sites for hydroxylation is 3. The molecule has 2 aromatic rings. The smallest absolute Gasteiger partial charge is 0.243 e. The topological polar surface area (TPSA) is 66.5 Å². The lowest BCUT2D eigenvalue weighted by Gasteiger charge is -2.15. The van der Waals surface area contributed by atoms with E-state index in [0.717, 1.165) is 34.6 Å². The molecule has 0 aromatic heterocycles. The molecular weight excluding hydrogens is 392 g/mol. The van der Waals surface area contributed by atoms with E-state index in [1.165, 1.54) is 21.6 Å². The number of carbonyl (C=O) groups excluding carboxylic acids is 1. The third-order valence-electron chi connectivity index (χ3n) is 4.84. The molecule has 7 heteroatoms. The fourth-order valence-electron chi connectivity index (χ4n) is 3.49. The van der Waals surface area contributed by atoms with Gasteiger partial charge in [-0.25, -0.2) is 8.42 Å². The Morgan fingerprint density at radius 1 is 1.04 bits per heavy atom. The van der Waals surface area contributed by atoms with Crippen LogP contribution in [0, 0.1) is 20.8 Å². The maximum atomic E-state index is 12.6. The molecule has 5 nitrogen and oxygen atoms in total. The van der Waals surface area contributed by atoms with Crippen LogP contribution in [0.3, 0.4) is 0 Å². The number of hydrogen-bond acceptors (Lipinski definition) is 4. The number of benzene rings is 2. The van der Waals surface area contributed by atoms with E-state index in [1.807, 2.05) is 20.8 Å². The van der Waals surface area contributed by atoms with Gasteiger partial charge in [0.2, 0.25) is 15.9 Å². The van der Waals surface area contributed by atoms with E-state index in [0.29, 0.717) is 18.0 Å². The van der Waals surface area contributed by atoms with Gasteiger partial charge in [0.15, 0.2) is 0 Å². The van der Waals surface area contributed by atoms with Gasteiger partial charge in [0.1, 0.15) is 0 Å². The van der Waals surface area contributed by atoms with Crippen LogP contribution in [0.2, 0.25) is 0 Å². The summed E-state index contributed by atoms with van der Waals surface area (Å²) in [5, 5.41) is 2.99. The Hall–Kier alpha value is -1.83. The highest BCUT2D eigenvalue weighted by Gasteiger charge is 2.26.